The first-order chi connectivity index (χ1) is 14.2. The largest absolute Gasteiger partial charge is 0.487 e. The summed E-state index contributed by atoms with van der Waals surface area (Å²) in [5, 5.41) is 18.5. The third-order valence-corrected chi connectivity index (χ3v) is 5.49. The first kappa shape index (κ1) is 22.0. The highest BCUT2D eigenvalue weighted by Crippen LogP contribution is 2.28. The van der Waals surface area contributed by atoms with Crippen molar-refractivity contribution in [2.75, 3.05) is 19.7 Å². The van der Waals surface area contributed by atoms with E-state index in [-0.39, 0.29) is 18.6 Å². The van der Waals surface area contributed by atoms with E-state index in [1.165, 1.54) is 0 Å². The van der Waals surface area contributed by atoms with Gasteiger partial charge in [-0.05, 0) is 51.0 Å². The molecule has 0 aromatic heterocycles. The van der Waals surface area contributed by atoms with Crippen LogP contribution < -0.4 is 4.74 Å². The van der Waals surface area contributed by atoms with Gasteiger partial charge in [-0.15, -0.1) is 0 Å². The summed E-state index contributed by atoms with van der Waals surface area (Å²) in [6.07, 6.45) is 2.56. The number of carbonyl (C=O) groups is 1. The van der Waals surface area contributed by atoms with E-state index in [0.717, 1.165) is 29.1 Å². The summed E-state index contributed by atoms with van der Waals surface area (Å²) in [6, 6.07) is 8.09. The van der Waals surface area contributed by atoms with Crippen LogP contribution in [-0.2, 0) is 16.1 Å². The highest BCUT2D eigenvalue weighted by atomic mass is 16.5. The van der Waals surface area contributed by atoms with Gasteiger partial charge in [0.05, 0.1) is 17.7 Å². The predicted molar refractivity (Wildman–Crippen MR) is 113 cm³/mol. The molecule has 30 heavy (non-hydrogen) atoms. The number of ether oxygens (including phenoxy) is 2. The van der Waals surface area contributed by atoms with Crippen molar-refractivity contribution in [2.24, 2.45) is 10.9 Å². The highest BCUT2D eigenvalue weighted by Gasteiger charge is 2.35. The molecule has 160 valence electrons. The molecule has 0 bridgehead atoms. The molecule has 1 aromatic carbocycles. The Labute approximate surface area is 177 Å². The van der Waals surface area contributed by atoms with Crippen molar-refractivity contribution in [3.05, 3.63) is 41.1 Å². The lowest BCUT2D eigenvalue weighted by atomic mass is 9.93. The van der Waals surface area contributed by atoms with Crippen LogP contribution in [0.1, 0.15) is 38.3 Å². The van der Waals surface area contributed by atoms with E-state index < -0.39 is 11.6 Å². The number of rotatable bonds is 8. The topological polar surface area (TPSA) is 95.2 Å². The quantitative estimate of drug-likeness (QED) is 0.705. The number of carboxylic acids is 1. The minimum Gasteiger partial charge on any atom is -0.487 e. The number of aryl methyl sites for hydroxylation is 1. The fraction of sp³-hybridized carbons (Fsp3) is 0.522. The van der Waals surface area contributed by atoms with Gasteiger partial charge in [-0.25, -0.2) is 4.99 Å². The van der Waals surface area contributed by atoms with Crippen molar-refractivity contribution in [1.82, 2.24) is 4.90 Å². The molecule has 2 aliphatic heterocycles. The summed E-state index contributed by atoms with van der Waals surface area (Å²) in [5.41, 5.74) is 2.66. The SMILES string of the molecule is Cc1cc(OCC2=CCC(C)(OC(C)C)C(C#N)=N2)ccc1CN1CC(C(=O)O)C1. The van der Waals surface area contributed by atoms with Gasteiger partial charge >= 0.3 is 5.97 Å². The molecule has 1 N–H and O–H groups in total. The highest BCUT2D eigenvalue weighted by molar-refractivity contribution is 6.06. The molecule has 0 aliphatic carbocycles. The van der Waals surface area contributed by atoms with E-state index in [4.69, 9.17) is 14.6 Å². The standard InChI is InChI=1S/C23H29N3O4/c1-15(2)30-23(4)8-7-19(25-21(23)10-24)14-29-20-6-5-17(16(3)9-20)11-26-12-18(13-26)22(27)28/h5-7,9,15,18H,8,11-14H2,1-4H3,(H,27,28). The summed E-state index contributed by atoms with van der Waals surface area (Å²) >= 11 is 0. The van der Waals surface area contributed by atoms with Crippen LogP contribution in [0.5, 0.6) is 5.75 Å². The summed E-state index contributed by atoms with van der Waals surface area (Å²) in [6.45, 7) is 10.0. The zero-order chi connectivity index (χ0) is 21.9. The number of hydrogen-bond donors (Lipinski definition) is 1. The van der Waals surface area contributed by atoms with E-state index in [2.05, 4.69) is 16.0 Å². The van der Waals surface area contributed by atoms with Crippen molar-refractivity contribution >= 4 is 11.7 Å². The van der Waals surface area contributed by atoms with Gasteiger partial charge in [0.25, 0.3) is 0 Å². The second-order valence-electron chi connectivity index (χ2n) is 8.48. The van der Waals surface area contributed by atoms with Gasteiger partial charge in [0.2, 0.25) is 0 Å². The minimum absolute atomic E-state index is 0.00696. The Bertz CT molecular complexity index is 910. The maximum Gasteiger partial charge on any atom is 0.309 e. The third-order valence-electron chi connectivity index (χ3n) is 5.49. The normalized spacial score (nSPS) is 22.1. The first-order valence-corrected chi connectivity index (χ1v) is 10.2. The number of aliphatic carboxylic acids is 1. The summed E-state index contributed by atoms with van der Waals surface area (Å²) < 4.78 is 11.8. The van der Waals surface area contributed by atoms with Gasteiger partial charge in [-0.1, -0.05) is 12.1 Å². The summed E-state index contributed by atoms with van der Waals surface area (Å²) in [4.78, 5) is 17.5. The minimum atomic E-state index is -0.720. The fourth-order valence-corrected chi connectivity index (χ4v) is 3.76. The number of likely N-dealkylation sites (tertiary alicyclic amines) is 1. The van der Waals surface area contributed by atoms with Crippen molar-refractivity contribution in [3.63, 3.8) is 0 Å². The van der Waals surface area contributed by atoms with Crippen molar-refractivity contribution in [2.45, 2.75) is 52.4 Å². The van der Waals surface area contributed by atoms with Gasteiger partial charge in [0, 0.05) is 26.1 Å². The number of nitrogens with zero attached hydrogens (tertiary/aromatic N) is 3. The summed E-state index contributed by atoms with van der Waals surface area (Å²) in [7, 11) is 0. The summed E-state index contributed by atoms with van der Waals surface area (Å²) in [5.74, 6) is -0.227. The number of carboxylic acid groups (broad SMARTS) is 1. The average molecular weight is 412 g/mol. The Morgan fingerprint density at radius 1 is 1.43 bits per heavy atom. The second-order valence-corrected chi connectivity index (χ2v) is 8.48. The van der Waals surface area contributed by atoms with Crippen molar-refractivity contribution in [3.8, 4) is 11.8 Å². The van der Waals surface area contributed by atoms with Gasteiger partial charge in [-0.3, -0.25) is 9.69 Å². The molecular weight excluding hydrogens is 382 g/mol. The van der Waals surface area contributed by atoms with E-state index in [1.54, 1.807) is 0 Å². The van der Waals surface area contributed by atoms with Crippen LogP contribution in [0.15, 0.2) is 35.0 Å². The molecule has 0 spiro atoms. The van der Waals surface area contributed by atoms with Crippen molar-refractivity contribution in [1.29, 1.82) is 5.26 Å². The molecule has 7 heteroatoms. The van der Waals surface area contributed by atoms with Crippen LogP contribution in [0.25, 0.3) is 0 Å². The molecule has 7 nitrogen and oxygen atoms in total. The van der Waals surface area contributed by atoms with Crippen LogP contribution in [0.4, 0.5) is 0 Å². The number of nitriles is 1. The number of aliphatic imine (C=N–C) groups is 1. The maximum atomic E-state index is 10.9. The fourth-order valence-electron chi connectivity index (χ4n) is 3.76. The molecule has 1 atom stereocenters. The smallest absolute Gasteiger partial charge is 0.309 e. The Hall–Kier alpha value is -2.69. The van der Waals surface area contributed by atoms with Gasteiger partial charge in [0.1, 0.15) is 29.7 Å². The molecule has 0 amide bonds. The molecule has 1 aromatic rings. The lowest BCUT2D eigenvalue weighted by Gasteiger charge is -2.36. The maximum absolute atomic E-state index is 10.9. The van der Waals surface area contributed by atoms with Gasteiger partial charge < -0.3 is 14.6 Å². The molecule has 1 fully saturated rings. The third kappa shape index (κ3) is 5.07. The molecule has 2 heterocycles. The Morgan fingerprint density at radius 2 is 2.17 bits per heavy atom. The molecule has 2 aliphatic rings. The number of hydrogen-bond acceptors (Lipinski definition) is 6. The predicted octanol–water partition coefficient (Wildman–Crippen LogP) is 3.33. The molecule has 3 rings (SSSR count). The Morgan fingerprint density at radius 3 is 2.77 bits per heavy atom. The van der Waals surface area contributed by atoms with Crippen LogP contribution >= 0.6 is 0 Å². The first-order valence-electron chi connectivity index (χ1n) is 10.2. The van der Waals surface area contributed by atoms with E-state index in [1.807, 2.05) is 52.0 Å². The monoisotopic (exact) mass is 411 g/mol. The van der Waals surface area contributed by atoms with Gasteiger partial charge in [0.15, 0.2) is 0 Å². The van der Waals surface area contributed by atoms with Crippen LogP contribution in [0.3, 0.4) is 0 Å². The average Bonchev–Trinajstić information content (AvgIpc) is 2.63. The Balaban J connectivity index is 1.56. The van der Waals surface area contributed by atoms with Crippen LogP contribution in [0, 0.1) is 24.2 Å². The van der Waals surface area contributed by atoms with Crippen LogP contribution in [-0.4, -0.2) is 53.1 Å². The lowest BCUT2D eigenvalue weighted by molar-refractivity contribution is -0.147. The number of benzene rings is 1. The van der Waals surface area contributed by atoms with Gasteiger partial charge in [-0.2, -0.15) is 5.26 Å². The Kier molecular flexibility index (Phi) is 6.59. The lowest BCUT2D eigenvalue weighted by Crippen LogP contribution is -2.49. The molecule has 1 unspecified atom stereocenters. The zero-order valence-corrected chi connectivity index (χ0v) is 18.0. The van der Waals surface area contributed by atoms with Crippen LogP contribution in [0.2, 0.25) is 0 Å². The molecular formula is C23H29N3O4. The van der Waals surface area contributed by atoms with E-state index in [9.17, 15) is 10.1 Å². The zero-order valence-electron chi connectivity index (χ0n) is 18.0. The molecule has 1 saturated heterocycles. The molecule has 0 radical (unpaired) electrons. The second kappa shape index (κ2) is 8.99. The van der Waals surface area contributed by atoms with E-state index >= 15 is 0 Å². The molecule has 0 saturated carbocycles. The van der Waals surface area contributed by atoms with Crippen molar-refractivity contribution < 1.29 is 19.4 Å². The van der Waals surface area contributed by atoms with E-state index in [0.29, 0.717) is 25.2 Å².